The summed E-state index contributed by atoms with van der Waals surface area (Å²) in [6, 6.07) is 30.9. The highest BCUT2D eigenvalue weighted by molar-refractivity contribution is 7.39. The molecule has 4 aromatic rings. The molecule has 32 heavy (non-hydrogen) atoms. The first-order valence-corrected chi connectivity index (χ1v) is 13.1. The van der Waals surface area contributed by atoms with Crippen LogP contribution >= 0.6 is 8.10 Å². The minimum absolute atomic E-state index is 0.393. The van der Waals surface area contributed by atoms with E-state index in [1.165, 1.54) is 45.5 Å². The minimum atomic E-state index is -2.03. The maximum absolute atomic E-state index is 14.0. The third-order valence-corrected chi connectivity index (χ3v) is 9.39. The Hall–Kier alpha value is -2.45. The molecule has 0 radical (unpaired) electrons. The molecule has 1 saturated heterocycles. The molecule has 0 aromatic heterocycles. The van der Waals surface area contributed by atoms with Crippen molar-refractivity contribution >= 4 is 29.6 Å². The van der Waals surface area contributed by atoms with Crippen molar-refractivity contribution in [1.82, 2.24) is 9.34 Å². The van der Waals surface area contributed by atoms with Crippen molar-refractivity contribution in [1.29, 1.82) is 0 Å². The van der Waals surface area contributed by atoms with Crippen LogP contribution in [0.1, 0.15) is 36.8 Å². The van der Waals surface area contributed by atoms with E-state index >= 15 is 0 Å². The van der Waals surface area contributed by atoms with Gasteiger partial charge in [0.15, 0.2) is 0 Å². The van der Waals surface area contributed by atoms with Gasteiger partial charge in [0.1, 0.15) is 0 Å². The lowest BCUT2D eigenvalue weighted by molar-refractivity contribution is 0.198. The summed E-state index contributed by atoms with van der Waals surface area (Å²) in [5.41, 5.74) is 2.58. The summed E-state index contributed by atoms with van der Waals surface area (Å²) in [4.78, 5) is 0. The summed E-state index contributed by atoms with van der Waals surface area (Å²) in [5.74, 6) is 0. The van der Waals surface area contributed by atoms with Crippen LogP contribution in [0, 0.1) is 0 Å². The van der Waals surface area contributed by atoms with E-state index in [-0.39, 0.29) is 0 Å². The number of hydrogen-bond acceptors (Lipinski definition) is 1. The van der Waals surface area contributed by atoms with Crippen LogP contribution in [0.25, 0.3) is 21.5 Å². The minimum Gasteiger partial charge on any atom is -0.292 e. The third-order valence-electron chi connectivity index (χ3n) is 7.43. The molecule has 0 amide bonds. The second-order valence-corrected chi connectivity index (χ2v) is 10.9. The second-order valence-electron chi connectivity index (χ2n) is 9.23. The van der Waals surface area contributed by atoms with Crippen LogP contribution in [0.3, 0.4) is 0 Å². The highest BCUT2D eigenvalue weighted by Gasteiger charge is 2.46. The number of rotatable bonds is 4. The van der Waals surface area contributed by atoms with Gasteiger partial charge in [-0.3, -0.25) is 4.57 Å². The molecule has 162 valence electrons. The van der Waals surface area contributed by atoms with E-state index < -0.39 is 8.10 Å². The van der Waals surface area contributed by atoms with Gasteiger partial charge in [0.2, 0.25) is 8.10 Å². The normalized spacial score (nSPS) is 22.5. The van der Waals surface area contributed by atoms with Crippen LogP contribution in [-0.4, -0.2) is 21.4 Å². The highest BCUT2D eigenvalue weighted by Crippen LogP contribution is 2.51. The SMILES string of the molecule is O=[PH]1N(Cc2cccc3ccccc23)[C@@H]2CCCC[C@H]2N1Cc1cccc2ccccc12. The van der Waals surface area contributed by atoms with Crippen LogP contribution in [-0.2, 0) is 17.7 Å². The lowest BCUT2D eigenvalue weighted by Crippen LogP contribution is -2.39. The van der Waals surface area contributed by atoms with Gasteiger partial charge in [-0.25, -0.2) is 9.34 Å². The zero-order valence-electron chi connectivity index (χ0n) is 18.3. The topological polar surface area (TPSA) is 23.6 Å². The zero-order chi connectivity index (χ0) is 21.5. The molecule has 4 heteroatoms. The predicted molar refractivity (Wildman–Crippen MR) is 134 cm³/mol. The standard InChI is InChI=1S/C28H29N2OP/c31-32-29(19-23-13-7-11-21-9-1-3-15-25(21)23)27-17-5-6-18-28(27)30(32)20-24-14-8-12-22-10-2-4-16-26(22)24/h1-4,7-16,27-28,32H,5-6,17-20H2/t27-,28-/m1/s1. The molecule has 0 N–H and O–H groups in total. The largest absolute Gasteiger partial charge is 0.292 e. The van der Waals surface area contributed by atoms with Crippen molar-refractivity contribution in [3.63, 3.8) is 0 Å². The van der Waals surface area contributed by atoms with Crippen LogP contribution in [0.5, 0.6) is 0 Å². The van der Waals surface area contributed by atoms with Crippen molar-refractivity contribution in [2.24, 2.45) is 0 Å². The van der Waals surface area contributed by atoms with E-state index in [9.17, 15) is 4.57 Å². The second kappa shape index (κ2) is 8.48. The molecule has 1 saturated carbocycles. The molecular formula is C28H29N2OP. The van der Waals surface area contributed by atoms with Gasteiger partial charge >= 0.3 is 0 Å². The predicted octanol–water partition coefficient (Wildman–Crippen LogP) is 7.01. The Kier molecular flexibility index (Phi) is 5.35. The van der Waals surface area contributed by atoms with Crippen molar-refractivity contribution in [3.8, 4) is 0 Å². The molecule has 0 unspecified atom stereocenters. The fraction of sp³-hybridized carbons (Fsp3) is 0.286. The fourth-order valence-electron chi connectivity index (χ4n) is 5.87. The molecule has 1 aliphatic heterocycles. The van der Waals surface area contributed by atoms with Gasteiger partial charge in [-0.1, -0.05) is 97.8 Å². The molecule has 0 bridgehead atoms. The van der Waals surface area contributed by atoms with E-state index in [4.69, 9.17) is 0 Å². The summed E-state index contributed by atoms with van der Waals surface area (Å²) >= 11 is 0. The lowest BCUT2D eigenvalue weighted by atomic mass is 9.89. The van der Waals surface area contributed by atoms with Crippen molar-refractivity contribution in [3.05, 3.63) is 96.1 Å². The van der Waals surface area contributed by atoms with E-state index in [0.717, 1.165) is 25.9 Å². The summed E-state index contributed by atoms with van der Waals surface area (Å²) < 4.78 is 18.7. The first kappa shape index (κ1) is 20.2. The molecule has 4 aromatic carbocycles. The molecule has 2 aliphatic rings. The summed E-state index contributed by atoms with van der Waals surface area (Å²) in [6.45, 7) is 1.54. The number of benzene rings is 4. The fourth-order valence-corrected chi connectivity index (χ4v) is 7.98. The Morgan fingerprint density at radius 3 is 1.56 bits per heavy atom. The Balaban J connectivity index is 1.34. The number of nitrogens with zero attached hydrogens (tertiary/aromatic N) is 2. The highest BCUT2D eigenvalue weighted by atomic mass is 31.1. The molecule has 1 heterocycles. The van der Waals surface area contributed by atoms with Gasteiger partial charge in [0, 0.05) is 25.2 Å². The Labute approximate surface area is 190 Å². The molecule has 6 rings (SSSR count). The van der Waals surface area contributed by atoms with Crippen molar-refractivity contribution in [2.75, 3.05) is 0 Å². The Morgan fingerprint density at radius 2 is 1.06 bits per heavy atom. The average Bonchev–Trinajstić information content (AvgIpc) is 3.10. The van der Waals surface area contributed by atoms with Gasteiger partial charge in [-0.05, 0) is 45.5 Å². The van der Waals surface area contributed by atoms with Gasteiger partial charge in [-0.2, -0.15) is 0 Å². The molecule has 2 atom stereocenters. The van der Waals surface area contributed by atoms with Crippen molar-refractivity contribution in [2.45, 2.75) is 50.9 Å². The molecule has 2 fully saturated rings. The molecule has 1 aliphatic carbocycles. The van der Waals surface area contributed by atoms with Crippen LogP contribution in [0.2, 0.25) is 0 Å². The van der Waals surface area contributed by atoms with E-state index in [1.54, 1.807) is 0 Å². The van der Waals surface area contributed by atoms with E-state index in [1.807, 2.05) is 0 Å². The monoisotopic (exact) mass is 440 g/mol. The maximum atomic E-state index is 14.0. The van der Waals surface area contributed by atoms with E-state index in [0.29, 0.717) is 12.1 Å². The van der Waals surface area contributed by atoms with E-state index in [2.05, 4.69) is 94.3 Å². The summed E-state index contributed by atoms with van der Waals surface area (Å²) in [5, 5.41) is 5.09. The van der Waals surface area contributed by atoms with Gasteiger partial charge in [0.05, 0.1) is 0 Å². The summed E-state index contributed by atoms with van der Waals surface area (Å²) in [7, 11) is -2.03. The van der Waals surface area contributed by atoms with Gasteiger partial charge < -0.3 is 0 Å². The summed E-state index contributed by atoms with van der Waals surface area (Å²) in [6.07, 6.45) is 4.78. The quantitative estimate of drug-likeness (QED) is 0.319. The third kappa shape index (κ3) is 3.49. The Morgan fingerprint density at radius 1 is 0.625 bits per heavy atom. The first-order chi connectivity index (χ1) is 15.8. The number of hydrogen-bond donors (Lipinski definition) is 0. The molecular weight excluding hydrogens is 411 g/mol. The number of fused-ring (bicyclic) bond motifs is 3. The van der Waals surface area contributed by atoms with Crippen molar-refractivity contribution < 1.29 is 4.57 Å². The Bertz CT molecular complexity index is 1190. The van der Waals surface area contributed by atoms with Crippen LogP contribution in [0.4, 0.5) is 0 Å². The average molecular weight is 441 g/mol. The lowest BCUT2D eigenvalue weighted by Gasteiger charge is -2.31. The molecule has 3 nitrogen and oxygen atoms in total. The van der Waals surface area contributed by atoms with Gasteiger partial charge in [0.25, 0.3) is 0 Å². The smallest absolute Gasteiger partial charge is 0.206 e. The van der Waals surface area contributed by atoms with Crippen LogP contribution < -0.4 is 0 Å². The maximum Gasteiger partial charge on any atom is 0.206 e. The van der Waals surface area contributed by atoms with Gasteiger partial charge in [-0.15, -0.1) is 0 Å². The van der Waals surface area contributed by atoms with Crippen LogP contribution in [0.15, 0.2) is 84.9 Å². The first-order valence-electron chi connectivity index (χ1n) is 11.8. The molecule has 0 spiro atoms. The zero-order valence-corrected chi connectivity index (χ0v) is 19.3.